The summed E-state index contributed by atoms with van der Waals surface area (Å²) in [4.78, 5) is 0. The van der Waals surface area contributed by atoms with Crippen molar-refractivity contribution < 1.29 is 18.6 Å². The van der Waals surface area contributed by atoms with E-state index in [1.807, 2.05) is 0 Å². The molecule has 1 aromatic carbocycles. The lowest BCUT2D eigenvalue weighted by atomic mass is 9.94. The van der Waals surface area contributed by atoms with Gasteiger partial charge in [-0.15, -0.1) is 0 Å². The van der Waals surface area contributed by atoms with E-state index < -0.39 is 11.3 Å². The first-order valence-corrected chi connectivity index (χ1v) is 5.51. The quantitative estimate of drug-likeness (QED) is 0.850. The minimum absolute atomic E-state index is 0.177. The maximum absolute atomic E-state index is 13.4. The number of alkyl halides is 2. The van der Waals surface area contributed by atoms with Crippen molar-refractivity contribution in [2.24, 2.45) is 5.73 Å². The van der Waals surface area contributed by atoms with Crippen molar-refractivity contribution >= 4 is 0 Å². The van der Waals surface area contributed by atoms with E-state index in [2.05, 4.69) is 0 Å². The van der Waals surface area contributed by atoms with Gasteiger partial charge in [0.1, 0.15) is 0 Å². The van der Waals surface area contributed by atoms with Crippen LogP contribution in [-0.2, 0) is 5.41 Å². The molecule has 0 radical (unpaired) electrons. The summed E-state index contributed by atoms with van der Waals surface area (Å²) in [6.07, 6.45) is -0.320. The molecule has 1 saturated carbocycles. The molecule has 1 aliphatic rings. The first-order valence-electron chi connectivity index (χ1n) is 5.51. The van der Waals surface area contributed by atoms with Gasteiger partial charge in [0.2, 0.25) is 0 Å². The van der Waals surface area contributed by atoms with Crippen LogP contribution >= 0.6 is 0 Å². The topological polar surface area (TPSA) is 55.5 Å². The van der Waals surface area contributed by atoms with Crippen molar-refractivity contribution in [2.45, 2.75) is 24.7 Å². The van der Waals surface area contributed by atoms with Gasteiger partial charge in [0.15, 0.2) is 11.5 Å². The second-order valence-corrected chi connectivity index (χ2v) is 4.25. The summed E-state index contributed by atoms with van der Waals surface area (Å²) >= 11 is 0. The monoisotopic (exact) mass is 243 g/mol. The molecule has 1 fully saturated rings. The fraction of sp³-hybridized carbons (Fsp3) is 0.500. The predicted molar refractivity (Wildman–Crippen MR) is 59.6 cm³/mol. The summed E-state index contributed by atoms with van der Waals surface area (Å²) in [5.41, 5.74) is 4.19. The molecule has 94 valence electrons. The molecule has 1 atom stereocenters. The Hall–Kier alpha value is -1.36. The number of hydrogen-bond acceptors (Lipinski definition) is 3. The van der Waals surface area contributed by atoms with E-state index in [1.165, 1.54) is 6.07 Å². The van der Waals surface area contributed by atoms with Crippen molar-refractivity contribution in [1.29, 1.82) is 0 Å². The minimum atomic E-state index is -2.84. The summed E-state index contributed by atoms with van der Waals surface area (Å²) in [6.45, 7) is 1.93. The van der Waals surface area contributed by atoms with Crippen LogP contribution in [0.3, 0.4) is 0 Å². The number of nitrogens with two attached hydrogens (primary N) is 1. The Morgan fingerprint density at radius 1 is 1.47 bits per heavy atom. The second-order valence-electron chi connectivity index (χ2n) is 4.25. The van der Waals surface area contributed by atoms with Crippen LogP contribution in [0, 0.1) is 0 Å². The zero-order valence-corrected chi connectivity index (χ0v) is 9.54. The van der Waals surface area contributed by atoms with Crippen LogP contribution in [0.5, 0.6) is 11.5 Å². The van der Waals surface area contributed by atoms with Gasteiger partial charge in [0.05, 0.1) is 12.0 Å². The van der Waals surface area contributed by atoms with Crippen molar-refractivity contribution in [1.82, 2.24) is 0 Å². The average molecular weight is 243 g/mol. The predicted octanol–water partition coefficient (Wildman–Crippen LogP) is 2.03. The molecular formula is C12H15F2NO2. The Morgan fingerprint density at radius 3 is 2.59 bits per heavy atom. The molecular weight excluding hydrogens is 228 g/mol. The Morgan fingerprint density at radius 2 is 2.12 bits per heavy atom. The van der Waals surface area contributed by atoms with Crippen molar-refractivity contribution in [3.05, 3.63) is 23.8 Å². The largest absolute Gasteiger partial charge is 0.504 e. The fourth-order valence-corrected chi connectivity index (χ4v) is 2.14. The lowest BCUT2D eigenvalue weighted by Gasteiger charge is -2.17. The van der Waals surface area contributed by atoms with Gasteiger partial charge in [0.25, 0.3) is 5.92 Å². The van der Waals surface area contributed by atoms with Crippen molar-refractivity contribution in [3.63, 3.8) is 0 Å². The fourth-order valence-electron chi connectivity index (χ4n) is 2.14. The number of halogens is 2. The maximum atomic E-state index is 13.4. The number of phenolic OH excluding ortho intramolecular Hbond substituents is 1. The van der Waals surface area contributed by atoms with Crippen LogP contribution in [-0.4, -0.2) is 24.2 Å². The lowest BCUT2D eigenvalue weighted by Crippen LogP contribution is -2.26. The van der Waals surface area contributed by atoms with E-state index in [4.69, 9.17) is 10.5 Å². The van der Waals surface area contributed by atoms with Gasteiger partial charge < -0.3 is 15.6 Å². The summed E-state index contributed by atoms with van der Waals surface area (Å²) < 4.78 is 32.0. The highest BCUT2D eigenvalue weighted by Crippen LogP contribution is 2.63. The summed E-state index contributed by atoms with van der Waals surface area (Å²) in [7, 11) is 0. The van der Waals surface area contributed by atoms with Gasteiger partial charge >= 0.3 is 0 Å². The van der Waals surface area contributed by atoms with E-state index in [0.29, 0.717) is 6.61 Å². The van der Waals surface area contributed by atoms with E-state index in [1.54, 1.807) is 19.1 Å². The number of benzene rings is 1. The van der Waals surface area contributed by atoms with Gasteiger partial charge in [-0.3, -0.25) is 0 Å². The van der Waals surface area contributed by atoms with Gasteiger partial charge in [0, 0.05) is 18.5 Å². The molecule has 0 bridgehead atoms. The molecule has 0 amide bonds. The third kappa shape index (κ3) is 1.65. The Kier molecular flexibility index (Phi) is 2.73. The number of aromatic hydroxyl groups is 1. The Labute approximate surface area is 98.2 Å². The van der Waals surface area contributed by atoms with Crippen molar-refractivity contribution in [2.75, 3.05) is 13.2 Å². The molecule has 1 aromatic rings. The molecule has 17 heavy (non-hydrogen) atoms. The molecule has 0 spiro atoms. The molecule has 3 N–H and O–H groups in total. The first-order chi connectivity index (χ1) is 7.98. The molecule has 0 aliphatic heterocycles. The molecule has 1 unspecified atom stereocenters. The van der Waals surface area contributed by atoms with Crippen LogP contribution < -0.4 is 10.5 Å². The Balaban J connectivity index is 2.43. The lowest BCUT2D eigenvalue weighted by molar-refractivity contribution is 0.0888. The molecule has 0 aromatic heterocycles. The highest BCUT2D eigenvalue weighted by atomic mass is 19.3. The van der Waals surface area contributed by atoms with Gasteiger partial charge in [-0.25, -0.2) is 8.78 Å². The van der Waals surface area contributed by atoms with E-state index >= 15 is 0 Å². The summed E-state index contributed by atoms with van der Waals surface area (Å²) in [5.74, 6) is -2.85. The summed E-state index contributed by atoms with van der Waals surface area (Å²) in [6, 6.07) is 4.62. The van der Waals surface area contributed by atoms with Gasteiger partial charge in [-0.05, 0) is 13.0 Å². The van der Waals surface area contributed by atoms with E-state index in [0.717, 1.165) is 0 Å². The number of rotatable bonds is 4. The number of phenols is 1. The number of hydrogen-bond donors (Lipinski definition) is 2. The first kappa shape index (κ1) is 12.1. The molecule has 5 heteroatoms. The van der Waals surface area contributed by atoms with Crippen LogP contribution in [0.4, 0.5) is 8.78 Å². The van der Waals surface area contributed by atoms with Crippen LogP contribution in [0.25, 0.3) is 0 Å². The third-order valence-corrected chi connectivity index (χ3v) is 3.26. The number of ether oxygens (including phenoxy) is 1. The van der Waals surface area contributed by atoms with Crippen LogP contribution in [0.2, 0.25) is 0 Å². The maximum Gasteiger partial charge on any atom is 0.260 e. The molecule has 0 saturated heterocycles. The van der Waals surface area contributed by atoms with E-state index in [-0.39, 0.29) is 30.0 Å². The van der Waals surface area contributed by atoms with Gasteiger partial charge in [-0.2, -0.15) is 0 Å². The minimum Gasteiger partial charge on any atom is -0.504 e. The zero-order chi connectivity index (χ0) is 12.7. The van der Waals surface area contributed by atoms with Crippen LogP contribution in [0.15, 0.2) is 18.2 Å². The average Bonchev–Trinajstić information content (AvgIpc) is 2.85. The third-order valence-electron chi connectivity index (χ3n) is 3.26. The highest BCUT2D eigenvalue weighted by molar-refractivity contribution is 5.53. The van der Waals surface area contributed by atoms with Gasteiger partial charge in [-0.1, -0.05) is 12.1 Å². The smallest absolute Gasteiger partial charge is 0.260 e. The highest BCUT2D eigenvalue weighted by Gasteiger charge is 2.72. The van der Waals surface area contributed by atoms with Crippen molar-refractivity contribution in [3.8, 4) is 11.5 Å². The molecule has 3 nitrogen and oxygen atoms in total. The standard InChI is InChI=1S/C12H15F2NO2/c1-2-17-9-5-3-4-8(10(9)16)11(7-15)6-12(11,13)14/h3-5,16H,2,6-7,15H2,1H3. The van der Waals surface area contributed by atoms with Crippen LogP contribution in [0.1, 0.15) is 18.9 Å². The van der Waals surface area contributed by atoms with E-state index in [9.17, 15) is 13.9 Å². The Bertz CT molecular complexity index is 437. The number of para-hydroxylation sites is 1. The second kappa shape index (κ2) is 3.84. The SMILES string of the molecule is CCOc1cccc(C2(CN)CC2(F)F)c1O. The molecule has 1 aliphatic carbocycles. The zero-order valence-electron chi connectivity index (χ0n) is 9.54. The molecule has 2 rings (SSSR count). The summed E-state index contributed by atoms with van der Waals surface area (Å²) in [5, 5.41) is 9.94. The normalized spacial score (nSPS) is 25.6. The molecule has 0 heterocycles.